The third-order valence-electron chi connectivity index (χ3n) is 5.73. The van der Waals surface area contributed by atoms with Crippen molar-refractivity contribution in [3.8, 4) is 17.2 Å². The molecule has 0 N–H and O–H groups in total. The van der Waals surface area contributed by atoms with Crippen LogP contribution < -0.4 is 19.1 Å². The average Bonchev–Trinajstić information content (AvgIpc) is 3.27. The second kappa shape index (κ2) is 8.65. The summed E-state index contributed by atoms with van der Waals surface area (Å²) in [7, 11) is 3.24. The molecule has 0 aliphatic carbocycles. The third kappa shape index (κ3) is 3.79. The SMILES string of the molecule is COc1ccc([C@H]2CCCN2C(=O)CCN2C(=O)COc3ccccc32)c(OC)c1. The molecule has 1 atom stereocenters. The van der Waals surface area contributed by atoms with Gasteiger partial charge in [-0.25, -0.2) is 0 Å². The van der Waals surface area contributed by atoms with Crippen LogP contribution in [0.4, 0.5) is 5.69 Å². The van der Waals surface area contributed by atoms with Crippen LogP contribution in [0.25, 0.3) is 0 Å². The molecule has 1 saturated heterocycles. The minimum atomic E-state index is -0.128. The van der Waals surface area contributed by atoms with E-state index in [0.29, 0.717) is 18.8 Å². The smallest absolute Gasteiger partial charge is 0.265 e. The molecule has 2 aromatic rings. The molecule has 2 heterocycles. The normalized spacial score (nSPS) is 18.1. The molecule has 7 heteroatoms. The lowest BCUT2D eigenvalue weighted by Crippen LogP contribution is -2.41. The summed E-state index contributed by atoms with van der Waals surface area (Å²) < 4.78 is 16.3. The van der Waals surface area contributed by atoms with Crippen molar-refractivity contribution in [2.24, 2.45) is 0 Å². The zero-order chi connectivity index (χ0) is 21.1. The van der Waals surface area contributed by atoms with Gasteiger partial charge < -0.3 is 24.0 Å². The van der Waals surface area contributed by atoms with E-state index in [9.17, 15) is 9.59 Å². The van der Waals surface area contributed by atoms with Gasteiger partial charge in [0.05, 0.1) is 25.9 Å². The lowest BCUT2D eigenvalue weighted by atomic mass is 10.0. The summed E-state index contributed by atoms with van der Waals surface area (Å²) in [5.41, 5.74) is 1.70. The highest BCUT2D eigenvalue weighted by Crippen LogP contribution is 2.39. The van der Waals surface area contributed by atoms with Gasteiger partial charge in [-0.1, -0.05) is 12.1 Å². The molecule has 30 heavy (non-hydrogen) atoms. The first kappa shape index (κ1) is 20.1. The highest BCUT2D eigenvalue weighted by atomic mass is 16.5. The number of hydrogen-bond donors (Lipinski definition) is 0. The van der Waals surface area contributed by atoms with Gasteiger partial charge in [-0.05, 0) is 37.1 Å². The first-order valence-corrected chi connectivity index (χ1v) is 10.2. The molecular weight excluding hydrogens is 384 g/mol. The molecule has 0 saturated carbocycles. The number of benzene rings is 2. The topological polar surface area (TPSA) is 68.3 Å². The van der Waals surface area contributed by atoms with Gasteiger partial charge in [0.25, 0.3) is 5.91 Å². The molecule has 0 aromatic heterocycles. The predicted octanol–water partition coefficient (Wildman–Crippen LogP) is 3.18. The maximum Gasteiger partial charge on any atom is 0.265 e. The van der Waals surface area contributed by atoms with E-state index in [2.05, 4.69) is 0 Å². The number of carbonyl (C=O) groups excluding carboxylic acids is 2. The molecule has 2 amide bonds. The summed E-state index contributed by atoms with van der Waals surface area (Å²) >= 11 is 0. The van der Waals surface area contributed by atoms with Crippen molar-refractivity contribution < 1.29 is 23.8 Å². The van der Waals surface area contributed by atoms with Crippen LogP contribution in [-0.2, 0) is 9.59 Å². The van der Waals surface area contributed by atoms with Crippen molar-refractivity contribution >= 4 is 17.5 Å². The number of hydrogen-bond acceptors (Lipinski definition) is 5. The number of methoxy groups -OCH3 is 2. The monoisotopic (exact) mass is 410 g/mol. The van der Waals surface area contributed by atoms with Gasteiger partial charge in [-0.15, -0.1) is 0 Å². The lowest BCUT2D eigenvalue weighted by molar-refractivity contribution is -0.132. The Kier molecular flexibility index (Phi) is 5.79. The van der Waals surface area contributed by atoms with Crippen molar-refractivity contribution in [1.29, 1.82) is 0 Å². The van der Waals surface area contributed by atoms with Crippen LogP contribution in [-0.4, -0.2) is 50.6 Å². The van der Waals surface area contributed by atoms with E-state index in [4.69, 9.17) is 14.2 Å². The molecule has 158 valence electrons. The Balaban J connectivity index is 1.48. The Bertz CT molecular complexity index is 945. The number of likely N-dealkylation sites (tertiary alicyclic amines) is 1. The molecule has 2 aliphatic heterocycles. The maximum absolute atomic E-state index is 13.1. The number of rotatable bonds is 6. The average molecular weight is 410 g/mol. The minimum Gasteiger partial charge on any atom is -0.497 e. The van der Waals surface area contributed by atoms with E-state index in [1.165, 1.54) is 0 Å². The van der Waals surface area contributed by atoms with Crippen molar-refractivity contribution in [1.82, 2.24) is 4.90 Å². The second-order valence-corrected chi connectivity index (χ2v) is 7.40. The van der Waals surface area contributed by atoms with E-state index >= 15 is 0 Å². The van der Waals surface area contributed by atoms with Crippen LogP contribution in [0.15, 0.2) is 42.5 Å². The maximum atomic E-state index is 13.1. The number of ether oxygens (including phenoxy) is 3. The molecule has 0 unspecified atom stereocenters. The zero-order valence-electron chi connectivity index (χ0n) is 17.3. The van der Waals surface area contributed by atoms with Crippen LogP contribution in [0, 0.1) is 0 Å². The molecule has 2 aromatic carbocycles. The van der Waals surface area contributed by atoms with Crippen molar-refractivity contribution in [2.75, 3.05) is 38.8 Å². The number of fused-ring (bicyclic) bond motifs is 1. The highest BCUT2D eigenvalue weighted by Gasteiger charge is 2.33. The fourth-order valence-electron chi connectivity index (χ4n) is 4.23. The van der Waals surface area contributed by atoms with Crippen molar-refractivity contribution in [2.45, 2.75) is 25.3 Å². The largest absolute Gasteiger partial charge is 0.497 e. The van der Waals surface area contributed by atoms with Crippen molar-refractivity contribution in [3.63, 3.8) is 0 Å². The van der Waals surface area contributed by atoms with Gasteiger partial charge in [0.2, 0.25) is 5.91 Å². The van der Waals surface area contributed by atoms with Gasteiger partial charge in [0.15, 0.2) is 6.61 Å². The standard InChI is InChI=1S/C23H26N2O5/c1-28-16-9-10-17(21(14-16)29-2)18-7-5-12-24(18)22(26)11-13-25-19-6-3-4-8-20(19)30-15-23(25)27/h3-4,6,8-10,14,18H,5,7,11-13,15H2,1-2H3/t18-/m1/s1. The Hall–Kier alpha value is -3.22. The summed E-state index contributed by atoms with van der Waals surface area (Å²) in [6, 6.07) is 13.1. The van der Waals surface area contributed by atoms with E-state index < -0.39 is 0 Å². The Morgan fingerprint density at radius 1 is 1.17 bits per heavy atom. The summed E-state index contributed by atoms with van der Waals surface area (Å²) in [5, 5.41) is 0. The van der Waals surface area contributed by atoms with E-state index in [1.807, 2.05) is 47.4 Å². The number of anilines is 1. The number of carbonyl (C=O) groups is 2. The fraction of sp³-hybridized carbons (Fsp3) is 0.391. The predicted molar refractivity (Wildman–Crippen MR) is 112 cm³/mol. The zero-order valence-corrected chi connectivity index (χ0v) is 17.3. The number of para-hydroxylation sites is 2. The first-order chi connectivity index (χ1) is 14.6. The van der Waals surface area contributed by atoms with Crippen LogP contribution in [0.2, 0.25) is 0 Å². The molecule has 0 radical (unpaired) electrons. The van der Waals surface area contributed by atoms with Crippen molar-refractivity contribution in [3.05, 3.63) is 48.0 Å². The molecule has 7 nitrogen and oxygen atoms in total. The van der Waals surface area contributed by atoms with Gasteiger partial charge in [0, 0.05) is 31.1 Å². The second-order valence-electron chi connectivity index (χ2n) is 7.40. The van der Waals surface area contributed by atoms with Crippen LogP contribution in [0.5, 0.6) is 17.2 Å². The van der Waals surface area contributed by atoms with E-state index in [1.54, 1.807) is 19.1 Å². The molecular formula is C23H26N2O5. The Labute approximate surface area is 176 Å². The number of amides is 2. The molecule has 2 aliphatic rings. The Morgan fingerprint density at radius 2 is 2.00 bits per heavy atom. The summed E-state index contributed by atoms with van der Waals surface area (Å²) in [6.07, 6.45) is 2.08. The number of nitrogens with zero attached hydrogens (tertiary/aromatic N) is 2. The summed E-state index contributed by atoms with van der Waals surface area (Å²) in [6.45, 7) is 1.04. The highest BCUT2D eigenvalue weighted by molar-refractivity contribution is 5.98. The lowest BCUT2D eigenvalue weighted by Gasteiger charge is -2.31. The van der Waals surface area contributed by atoms with Gasteiger partial charge in [-0.3, -0.25) is 9.59 Å². The van der Waals surface area contributed by atoms with Gasteiger partial charge in [-0.2, -0.15) is 0 Å². The molecule has 0 spiro atoms. The first-order valence-electron chi connectivity index (χ1n) is 10.2. The summed E-state index contributed by atoms with van der Waals surface area (Å²) in [4.78, 5) is 29.0. The third-order valence-corrected chi connectivity index (χ3v) is 5.73. The van der Waals surface area contributed by atoms with E-state index in [-0.39, 0.29) is 30.9 Å². The summed E-state index contributed by atoms with van der Waals surface area (Å²) in [5.74, 6) is 2.02. The minimum absolute atomic E-state index is 0.000586. The molecule has 0 bridgehead atoms. The van der Waals surface area contributed by atoms with Gasteiger partial charge >= 0.3 is 0 Å². The Morgan fingerprint density at radius 3 is 2.80 bits per heavy atom. The van der Waals surface area contributed by atoms with E-state index in [0.717, 1.165) is 35.6 Å². The molecule has 1 fully saturated rings. The molecule has 4 rings (SSSR count). The van der Waals surface area contributed by atoms with Crippen LogP contribution in [0.3, 0.4) is 0 Å². The van der Waals surface area contributed by atoms with Crippen LogP contribution in [0.1, 0.15) is 30.9 Å². The van der Waals surface area contributed by atoms with Crippen LogP contribution >= 0.6 is 0 Å². The van der Waals surface area contributed by atoms with Gasteiger partial charge in [0.1, 0.15) is 17.2 Å². The quantitative estimate of drug-likeness (QED) is 0.732. The fourth-order valence-corrected chi connectivity index (χ4v) is 4.23.